The fraction of sp³-hybridized carbons (Fsp3) is 0. The van der Waals surface area contributed by atoms with E-state index in [0.717, 1.165) is 0 Å². The Morgan fingerprint density at radius 2 is 1.92 bits per heavy atom. The van der Waals surface area contributed by atoms with Crippen LogP contribution < -0.4 is 6.15 Å². The molecular weight excluding hydrogens is 203 g/mol. The highest BCUT2D eigenvalue weighted by Gasteiger charge is 2.11. The number of halogens is 2. The summed E-state index contributed by atoms with van der Waals surface area (Å²) in [5.74, 6) is 0. The van der Waals surface area contributed by atoms with Gasteiger partial charge in [0.05, 0.1) is 4.92 Å². The van der Waals surface area contributed by atoms with Crippen molar-refractivity contribution in [3.63, 3.8) is 0 Å². The number of benzene rings is 1. The Hall–Kier alpha value is -0.840. The molecule has 1 aromatic carbocycles. The van der Waals surface area contributed by atoms with Crippen LogP contribution in [0.3, 0.4) is 0 Å². The first kappa shape index (κ1) is 11.2. The second kappa shape index (κ2) is 4.25. The van der Waals surface area contributed by atoms with Gasteiger partial charge >= 0.3 is 0 Å². The lowest BCUT2D eigenvalue weighted by atomic mass is 10.3. The van der Waals surface area contributed by atoms with Crippen molar-refractivity contribution >= 4 is 28.9 Å². The third kappa shape index (κ3) is 2.34. The molecule has 0 aliphatic heterocycles. The van der Waals surface area contributed by atoms with Gasteiger partial charge in [-0.1, -0.05) is 23.2 Å². The highest BCUT2D eigenvalue weighted by Crippen LogP contribution is 2.26. The van der Waals surface area contributed by atoms with E-state index >= 15 is 0 Å². The number of rotatable bonds is 1. The molecular formula is C6H6Cl2N2O2. The zero-order valence-electron chi connectivity index (χ0n) is 5.96. The molecule has 0 aliphatic rings. The molecule has 1 aromatic rings. The summed E-state index contributed by atoms with van der Waals surface area (Å²) < 4.78 is 0. The van der Waals surface area contributed by atoms with Crippen LogP contribution in [0.2, 0.25) is 10.0 Å². The van der Waals surface area contributed by atoms with E-state index in [2.05, 4.69) is 0 Å². The Kier molecular flexibility index (Phi) is 3.95. The Labute approximate surface area is 78.8 Å². The van der Waals surface area contributed by atoms with Crippen LogP contribution in [0.4, 0.5) is 5.69 Å². The fourth-order valence-electron chi connectivity index (χ4n) is 0.626. The topological polar surface area (TPSA) is 78.1 Å². The molecule has 6 heteroatoms. The molecule has 0 saturated heterocycles. The molecule has 0 radical (unpaired) electrons. The molecule has 0 bridgehead atoms. The number of nitro groups is 1. The Morgan fingerprint density at radius 3 is 2.33 bits per heavy atom. The maximum atomic E-state index is 10.2. The largest absolute Gasteiger partial charge is 0.344 e. The molecule has 3 N–H and O–H groups in total. The van der Waals surface area contributed by atoms with Gasteiger partial charge in [-0.15, -0.1) is 0 Å². The number of nitro benzene ring substituents is 1. The molecule has 0 amide bonds. The zero-order valence-corrected chi connectivity index (χ0v) is 7.47. The van der Waals surface area contributed by atoms with Crippen molar-refractivity contribution in [2.75, 3.05) is 0 Å². The van der Waals surface area contributed by atoms with Crippen LogP contribution in [0.5, 0.6) is 0 Å². The Bertz CT molecular complexity index is 304. The van der Waals surface area contributed by atoms with E-state index < -0.39 is 4.92 Å². The normalized spacial score (nSPS) is 8.83. The van der Waals surface area contributed by atoms with Crippen molar-refractivity contribution < 1.29 is 4.92 Å². The number of nitrogens with zero attached hydrogens (tertiary/aromatic N) is 1. The Morgan fingerprint density at radius 1 is 1.33 bits per heavy atom. The molecule has 1 rings (SSSR count). The minimum absolute atomic E-state index is 0. The summed E-state index contributed by atoms with van der Waals surface area (Å²) in [4.78, 5) is 9.66. The number of hydrogen-bond donors (Lipinski definition) is 1. The average molecular weight is 209 g/mol. The fourth-order valence-corrected chi connectivity index (χ4v) is 0.979. The lowest BCUT2D eigenvalue weighted by Crippen LogP contribution is -1.87. The summed E-state index contributed by atoms with van der Waals surface area (Å²) in [6.45, 7) is 0. The van der Waals surface area contributed by atoms with Gasteiger partial charge in [0.1, 0.15) is 5.02 Å². The monoisotopic (exact) mass is 208 g/mol. The summed E-state index contributed by atoms with van der Waals surface area (Å²) in [6, 6.07) is 4.10. The SMILES string of the molecule is N.O=[N+]([O-])c1cc(Cl)ccc1Cl. The van der Waals surface area contributed by atoms with Crippen molar-refractivity contribution in [1.29, 1.82) is 0 Å². The lowest BCUT2D eigenvalue weighted by Gasteiger charge is -1.93. The second-order valence-electron chi connectivity index (χ2n) is 1.85. The molecule has 0 saturated carbocycles. The van der Waals surface area contributed by atoms with Gasteiger partial charge in [0.2, 0.25) is 0 Å². The maximum absolute atomic E-state index is 10.2. The standard InChI is InChI=1S/C6H3Cl2NO2.H3N/c7-4-1-2-5(8)6(3-4)9(10)11;/h1-3H;1H3. The van der Waals surface area contributed by atoms with Gasteiger partial charge in [-0.25, -0.2) is 0 Å². The van der Waals surface area contributed by atoms with Crippen LogP contribution in [-0.4, -0.2) is 4.92 Å². The quantitative estimate of drug-likeness (QED) is 0.570. The molecule has 0 atom stereocenters. The predicted octanol–water partition coefficient (Wildman–Crippen LogP) is 3.06. The third-order valence-corrected chi connectivity index (χ3v) is 1.66. The minimum atomic E-state index is -0.575. The first-order valence-electron chi connectivity index (χ1n) is 2.70. The summed E-state index contributed by atoms with van der Waals surface area (Å²) in [6.07, 6.45) is 0. The van der Waals surface area contributed by atoms with Crippen molar-refractivity contribution in [1.82, 2.24) is 6.15 Å². The van der Waals surface area contributed by atoms with Gasteiger partial charge in [-0.3, -0.25) is 10.1 Å². The van der Waals surface area contributed by atoms with E-state index in [9.17, 15) is 10.1 Å². The van der Waals surface area contributed by atoms with E-state index in [4.69, 9.17) is 23.2 Å². The van der Waals surface area contributed by atoms with E-state index in [0.29, 0.717) is 5.02 Å². The van der Waals surface area contributed by atoms with Crippen LogP contribution in [0.1, 0.15) is 0 Å². The van der Waals surface area contributed by atoms with Crippen molar-refractivity contribution in [3.05, 3.63) is 38.4 Å². The number of hydrogen-bond acceptors (Lipinski definition) is 3. The lowest BCUT2D eigenvalue weighted by molar-refractivity contribution is -0.384. The van der Waals surface area contributed by atoms with Crippen molar-refractivity contribution in [2.24, 2.45) is 0 Å². The molecule has 0 unspecified atom stereocenters. The summed E-state index contributed by atoms with van der Waals surface area (Å²) in [5, 5.41) is 10.6. The molecule has 12 heavy (non-hydrogen) atoms. The summed E-state index contributed by atoms with van der Waals surface area (Å²) in [5.41, 5.74) is -0.167. The van der Waals surface area contributed by atoms with Gasteiger partial charge in [0.25, 0.3) is 5.69 Å². The maximum Gasteiger partial charge on any atom is 0.289 e. The van der Waals surface area contributed by atoms with E-state index in [-0.39, 0.29) is 16.9 Å². The van der Waals surface area contributed by atoms with Crippen LogP contribution >= 0.6 is 23.2 Å². The second-order valence-corrected chi connectivity index (χ2v) is 2.70. The van der Waals surface area contributed by atoms with Crippen molar-refractivity contribution in [2.45, 2.75) is 0 Å². The minimum Gasteiger partial charge on any atom is -0.344 e. The zero-order chi connectivity index (χ0) is 8.43. The van der Waals surface area contributed by atoms with Crippen LogP contribution in [0, 0.1) is 10.1 Å². The average Bonchev–Trinajstić information content (AvgIpc) is 1.94. The van der Waals surface area contributed by atoms with Crippen LogP contribution in [0.25, 0.3) is 0 Å². The molecule has 0 aliphatic carbocycles. The van der Waals surface area contributed by atoms with Gasteiger partial charge < -0.3 is 6.15 Å². The van der Waals surface area contributed by atoms with Crippen LogP contribution in [0.15, 0.2) is 18.2 Å². The Balaban J connectivity index is 0.00000121. The van der Waals surface area contributed by atoms with Crippen molar-refractivity contribution in [3.8, 4) is 0 Å². The first-order valence-corrected chi connectivity index (χ1v) is 3.46. The molecule has 0 fully saturated rings. The summed E-state index contributed by atoms with van der Waals surface area (Å²) >= 11 is 11.0. The molecule has 0 aromatic heterocycles. The smallest absolute Gasteiger partial charge is 0.289 e. The van der Waals surface area contributed by atoms with Gasteiger partial charge in [0, 0.05) is 11.1 Å². The molecule has 0 spiro atoms. The van der Waals surface area contributed by atoms with Gasteiger partial charge in [0.15, 0.2) is 0 Å². The van der Waals surface area contributed by atoms with Crippen LogP contribution in [-0.2, 0) is 0 Å². The summed E-state index contributed by atoms with van der Waals surface area (Å²) in [7, 11) is 0. The van der Waals surface area contributed by atoms with E-state index in [1.54, 1.807) is 0 Å². The predicted molar refractivity (Wildman–Crippen MR) is 48.1 cm³/mol. The molecule has 0 heterocycles. The van der Waals surface area contributed by atoms with E-state index in [1.807, 2.05) is 0 Å². The van der Waals surface area contributed by atoms with Gasteiger partial charge in [-0.05, 0) is 12.1 Å². The van der Waals surface area contributed by atoms with E-state index in [1.165, 1.54) is 18.2 Å². The van der Waals surface area contributed by atoms with Gasteiger partial charge in [-0.2, -0.15) is 0 Å². The first-order chi connectivity index (χ1) is 5.11. The molecule has 66 valence electrons. The highest BCUT2D eigenvalue weighted by molar-refractivity contribution is 6.34. The highest BCUT2D eigenvalue weighted by atomic mass is 35.5. The third-order valence-electron chi connectivity index (χ3n) is 1.10. The molecule has 4 nitrogen and oxygen atoms in total.